The number of aryl methyl sites for hydroxylation is 1. The number of nitrogens with two attached hydrogens (primary N) is 1. The Kier molecular flexibility index (Phi) is 5.16. The summed E-state index contributed by atoms with van der Waals surface area (Å²) in [5, 5.41) is 12.2. The smallest absolute Gasteiger partial charge is 0.224 e. The molecular formula is C12H21ClN4O. The van der Waals surface area contributed by atoms with Gasteiger partial charge in [0.2, 0.25) is 5.28 Å². The summed E-state index contributed by atoms with van der Waals surface area (Å²) < 4.78 is 0. The lowest BCUT2D eigenvalue weighted by molar-refractivity contribution is 0.248. The Hall–Kier alpha value is -1.07. The monoisotopic (exact) mass is 272 g/mol. The highest BCUT2D eigenvalue weighted by Gasteiger charge is 2.18. The number of hydrogen-bond acceptors (Lipinski definition) is 5. The van der Waals surface area contributed by atoms with Gasteiger partial charge in [-0.1, -0.05) is 13.8 Å². The number of aliphatic hydroxyl groups excluding tert-OH is 1. The van der Waals surface area contributed by atoms with Gasteiger partial charge in [0.1, 0.15) is 0 Å². The Bertz CT molecular complexity index is 409. The molecule has 0 aliphatic carbocycles. The SMILES string of the molecule is Cc1nc(Cl)nc(NCC(C)(C)CCCO)c1N. The molecule has 6 heteroatoms. The van der Waals surface area contributed by atoms with E-state index in [0.717, 1.165) is 12.8 Å². The largest absolute Gasteiger partial charge is 0.396 e. The second-order valence-electron chi connectivity index (χ2n) is 5.19. The highest BCUT2D eigenvalue weighted by molar-refractivity contribution is 6.28. The molecule has 0 bridgehead atoms. The van der Waals surface area contributed by atoms with E-state index in [1.807, 2.05) is 0 Å². The molecule has 0 atom stereocenters. The first-order chi connectivity index (χ1) is 8.35. The zero-order valence-corrected chi connectivity index (χ0v) is 11.9. The molecule has 0 amide bonds. The van der Waals surface area contributed by atoms with E-state index in [0.29, 0.717) is 23.7 Å². The minimum absolute atomic E-state index is 0.0561. The molecule has 0 fully saturated rings. The molecule has 0 radical (unpaired) electrons. The molecular weight excluding hydrogens is 252 g/mol. The van der Waals surface area contributed by atoms with Crippen LogP contribution >= 0.6 is 11.6 Å². The molecule has 1 aromatic heterocycles. The second kappa shape index (κ2) is 6.20. The summed E-state index contributed by atoms with van der Waals surface area (Å²) in [4.78, 5) is 8.07. The fraction of sp³-hybridized carbons (Fsp3) is 0.667. The molecule has 1 rings (SSSR count). The summed E-state index contributed by atoms with van der Waals surface area (Å²) in [5.41, 5.74) is 7.15. The van der Waals surface area contributed by atoms with Gasteiger partial charge in [-0.15, -0.1) is 0 Å². The summed E-state index contributed by atoms with van der Waals surface area (Å²) in [5.74, 6) is 0.574. The predicted molar refractivity (Wildman–Crippen MR) is 74.8 cm³/mol. The van der Waals surface area contributed by atoms with Gasteiger partial charge in [-0.25, -0.2) is 4.98 Å². The van der Waals surface area contributed by atoms with Gasteiger partial charge >= 0.3 is 0 Å². The molecule has 1 heterocycles. The van der Waals surface area contributed by atoms with Gasteiger partial charge in [-0.05, 0) is 36.8 Å². The molecule has 0 unspecified atom stereocenters. The number of nitrogens with one attached hydrogen (secondary N) is 1. The number of anilines is 2. The van der Waals surface area contributed by atoms with Crippen molar-refractivity contribution in [3.05, 3.63) is 11.0 Å². The van der Waals surface area contributed by atoms with Crippen LogP contribution in [0.25, 0.3) is 0 Å². The lowest BCUT2D eigenvalue weighted by atomic mass is 9.88. The Morgan fingerprint density at radius 1 is 1.39 bits per heavy atom. The van der Waals surface area contributed by atoms with Gasteiger partial charge in [0, 0.05) is 13.2 Å². The Labute approximate surface area is 113 Å². The fourth-order valence-corrected chi connectivity index (χ4v) is 1.86. The standard InChI is InChI=1S/C12H21ClN4O/c1-8-9(14)10(17-11(13)16-8)15-7-12(2,3)5-4-6-18/h18H,4-7,14H2,1-3H3,(H,15,16,17). The van der Waals surface area contributed by atoms with Crippen LogP contribution in [-0.2, 0) is 0 Å². The normalized spacial score (nSPS) is 11.6. The van der Waals surface area contributed by atoms with Crippen LogP contribution in [0.5, 0.6) is 0 Å². The van der Waals surface area contributed by atoms with Crippen molar-refractivity contribution in [1.29, 1.82) is 0 Å². The molecule has 0 saturated carbocycles. The minimum Gasteiger partial charge on any atom is -0.396 e. The van der Waals surface area contributed by atoms with Crippen molar-refractivity contribution in [2.75, 3.05) is 24.2 Å². The number of halogens is 1. The van der Waals surface area contributed by atoms with E-state index < -0.39 is 0 Å². The Balaban J connectivity index is 2.68. The molecule has 0 spiro atoms. The average Bonchev–Trinajstić information content (AvgIpc) is 2.29. The number of hydrogen-bond donors (Lipinski definition) is 3. The van der Waals surface area contributed by atoms with Gasteiger partial charge < -0.3 is 16.2 Å². The second-order valence-corrected chi connectivity index (χ2v) is 5.52. The number of nitrogen functional groups attached to an aromatic ring is 1. The van der Waals surface area contributed by atoms with Crippen LogP contribution in [0.15, 0.2) is 0 Å². The van der Waals surface area contributed by atoms with Gasteiger partial charge in [-0.3, -0.25) is 0 Å². The van der Waals surface area contributed by atoms with Gasteiger partial charge in [0.15, 0.2) is 5.82 Å². The Morgan fingerprint density at radius 2 is 2.06 bits per heavy atom. The summed E-state index contributed by atoms with van der Waals surface area (Å²) in [7, 11) is 0. The summed E-state index contributed by atoms with van der Waals surface area (Å²) >= 11 is 5.80. The molecule has 0 aliphatic rings. The molecule has 102 valence electrons. The van der Waals surface area contributed by atoms with E-state index in [4.69, 9.17) is 22.4 Å². The van der Waals surface area contributed by atoms with Gasteiger partial charge in [0.25, 0.3) is 0 Å². The minimum atomic E-state index is 0.0561. The van der Waals surface area contributed by atoms with E-state index in [-0.39, 0.29) is 17.3 Å². The van der Waals surface area contributed by atoms with Crippen LogP contribution in [0.3, 0.4) is 0 Å². The van der Waals surface area contributed by atoms with Gasteiger partial charge in [-0.2, -0.15) is 4.98 Å². The van der Waals surface area contributed by atoms with Crippen LogP contribution in [0.4, 0.5) is 11.5 Å². The van der Waals surface area contributed by atoms with Crippen molar-refractivity contribution in [3.8, 4) is 0 Å². The number of aromatic nitrogens is 2. The van der Waals surface area contributed by atoms with Crippen molar-refractivity contribution in [2.24, 2.45) is 5.41 Å². The Morgan fingerprint density at radius 3 is 2.67 bits per heavy atom. The van der Waals surface area contributed by atoms with E-state index in [1.165, 1.54) is 0 Å². The van der Waals surface area contributed by atoms with Crippen LogP contribution < -0.4 is 11.1 Å². The third-order valence-corrected chi connectivity index (χ3v) is 3.02. The van der Waals surface area contributed by atoms with E-state index >= 15 is 0 Å². The van der Waals surface area contributed by atoms with E-state index in [2.05, 4.69) is 29.1 Å². The lowest BCUT2D eigenvalue weighted by Crippen LogP contribution is -2.24. The maximum Gasteiger partial charge on any atom is 0.224 e. The van der Waals surface area contributed by atoms with Gasteiger partial charge in [0.05, 0.1) is 11.4 Å². The summed E-state index contributed by atoms with van der Waals surface area (Å²) in [6.07, 6.45) is 1.71. The average molecular weight is 273 g/mol. The molecule has 0 aromatic carbocycles. The zero-order valence-electron chi connectivity index (χ0n) is 11.1. The van der Waals surface area contributed by atoms with Crippen molar-refractivity contribution in [2.45, 2.75) is 33.6 Å². The van der Waals surface area contributed by atoms with Crippen LogP contribution in [0.2, 0.25) is 5.28 Å². The molecule has 1 aromatic rings. The van der Waals surface area contributed by atoms with Crippen LogP contribution in [0, 0.1) is 12.3 Å². The summed E-state index contributed by atoms with van der Waals surface area (Å²) in [6.45, 7) is 6.97. The van der Waals surface area contributed by atoms with Crippen molar-refractivity contribution < 1.29 is 5.11 Å². The topological polar surface area (TPSA) is 84.1 Å². The number of rotatable bonds is 6. The first-order valence-corrected chi connectivity index (χ1v) is 6.38. The maximum absolute atomic E-state index is 8.85. The molecule has 0 saturated heterocycles. The zero-order chi connectivity index (χ0) is 13.8. The van der Waals surface area contributed by atoms with E-state index in [9.17, 15) is 0 Å². The van der Waals surface area contributed by atoms with Crippen molar-refractivity contribution in [3.63, 3.8) is 0 Å². The quantitative estimate of drug-likeness (QED) is 0.692. The molecule has 4 N–H and O–H groups in total. The van der Waals surface area contributed by atoms with Crippen LogP contribution in [-0.4, -0.2) is 28.2 Å². The molecule has 0 aliphatic heterocycles. The predicted octanol–water partition coefficient (Wildman–Crippen LogP) is 2.23. The molecule has 5 nitrogen and oxygen atoms in total. The number of nitrogens with zero attached hydrogens (tertiary/aromatic N) is 2. The third kappa shape index (κ3) is 4.31. The maximum atomic E-state index is 8.85. The first kappa shape index (κ1) is 15.0. The lowest BCUT2D eigenvalue weighted by Gasteiger charge is -2.25. The highest BCUT2D eigenvalue weighted by Crippen LogP contribution is 2.25. The van der Waals surface area contributed by atoms with E-state index in [1.54, 1.807) is 6.92 Å². The highest BCUT2D eigenvalue weighted by atomic mass is 35.5. The van der Waals surface area contributed by atoms with Crippen molar-refractivity contribution >= 4 is 23.1 Å². The number of aliphatic hydroxyl groups is 1. The molecule has 18 heavy (non-hydrogen) atoms. The van der Waals surface area contributed by atoms with Crippen LogP contribution in [0.1, 0.15) is 32.4 Å². The van der Waals surface area contributed by atoms with Crippen molar-refractivity contribution in [1.82, 2.24) is 9.97 Å². The summed E-state index contributed by atoms with van der Waals surface area (Å²) in [6, 6.07) is 0. The fourth-order valence-electron chi connectivity index (χ4n) is 1.65. The third-order valence-electron chi connectivity index (χ3n) is 2.85. The first-order valence-electron chi connectivity index (χ1n) is 6.00.